The summed E-state index contributed by atoms with van der Waals surface area (Å²) >= 11 is 0. The third-order valence-electron chi connectivity index (χ3n) is 6.48. The van der Waals surface area contributed by atoms with Gasteiger partial charge >= 0.3 is 0 Å². The molecule has 2 aliphatic rings. The molecule has 3 N–H and O–H groups in total. The molecule has 0 radical (unpaired) electrons. The van der Waals surface area contributed by atoms with E-state index in [1.54, 1.807) is 18.2 Å². The van der Waals surface area contributed by atoms with Gasteiger partial charge in [-0.15, -0.1) is 0 Å². The molecule has 4 atom stereocenters. The van der Waals surface area contributed by atoms with Crippen molar-refractivity contribution in [3.05, 3.63) is 46.5 Å². The molecule has 0 aromatic heterocycles. The SMILES string of the molecule is CCC1=C([C@H](O)CC/C(C)=C/c2cccc(O)c2)[C@H](CO)[C@@H]2C(=O)N(C)C(=O)[C@@H]2C1. The minimum atomic E-state index is -0.778. The Balaban J connectivity index is 1.79. The predicted octanol–water partition coefficient (Wildman–Crippen LogP) is 2.89. The number of nitrogens with zero attached hydrogens (tertiary/aromatic N) is 1. The van der Waals surface area contributed by atoms with E-state index in [9.17, 15) is 24.9 Å². The first kappa shape index (κ1) is 22.2. The number of fused-ring (bicyclic) bond motifs is 1. The van der Waals surface area contributed by atoms with E-state index in [0.29, 0.717) is 25.7 Å². The normalized spacial score (nSPS) is 25.7. The number of aromatic hydroxyl groups is 1. The van der Waals surface area contributed by atoms with Crippen LogP contribution in [-0.4, -0.2) is 51.8 Å². The Bertz CT molecular complexity index is 887. The summed E-state index contributed by atoms with van der Waals surface area (Å²) < 4.78 is 0. The number of benzene rings is 1. The van der Waals surface area contributed by atoms with Gasteiger partial charge in [-0.2, -0.15) is 0 Å². The summed E-state index contributed by atoms with van der Waals surface area (Å²) in [5, 5.41) is 30.7. The van der Waals surface area contributed by atoms with Crippen LogP contribution < -0.4 is 0 Å². The molecule has 1 fully saturated rings. The van der Waals surface area contributed by atoms with Crippen LogP contribution in [0.1, 0.15) is 45.1 Å². The molecule has 0 saturated carbocycles. The van der Waals surface area contributed by atoms with Gasteiger partial charge in [0.15, 0.2) is 0 Å². The lowest BCUT2D eigenvalue weighted by molar-refractivity contribution is -0.138. The Labute approximate surface area is 177 Å². The zero-order chi connectivity index (χ0) is 22.0. The number of hydrogen-bond donors (Lipinski definition) is 3. The van der Waals surface area contributed by atoms with E-state index >= 15 is 0 Å². The van der Waals surface area contributed by atoms with Crippen molar-refractivity contribution < 1.29 is 24.9 Å². The minimum Gasteiger partial charge on any atom is -0.508 e. The van der Waals surface area contributed by atoms with Crippen molar-refractivity contribution in [3.63, 3.8) is 0 Å². The average Bonchev–Trinajstić information content (AvgIpc) is 2.94. The van der Waals surface area contributed by atoms with Gasteiger partial charge in [-0.05, 0) is 55.9 Å². The first-order valence-electron chi connectivity index (χ1n) is 10.6. The number of hydrogen-bond acceptors (Lipinski definition) is 5. The fraction of sp³-hybridized carbons (Fsp3) is 0.500. The van der Waals surface area contributed by atoms with Gasteiger partial charge in [0.1, 0.15) is 5.75 Å². The van der Waals surface area contributed by atoms with Crippen molar-refractivity contribution in [2.75, 3.05) is 13.7 Å². The van der Waals surface area contributed by atoms with Crippen molar-refractivity contribution in [1.29, 1.82) is 0 Å². The average molecular weight is 414 g/mol. The molecule has 1 aromatic rings. The van der Waals surface area contributed by atoms with Crippen LogP contribution in [0.2, 0.25) is 0 Å². The molecule has 1 aliphatic carbocycles. The first-order chi connectivity index (χ1) is 14.3. The molecule has 0 bridgehead atoms. The molecule has 0 spiro atoms. The molecule has 162 valence electrons. The first-order valence-corrected chi connectivity index (χ1v) is 10.6. The highest BCUT2D eigenvalue weighted by molar-refractivity contribution is 6.05. The molecular weight excluding hydrogens is 382 g/mol. The highest BCUT2D eigenvalue weighted by atomic mass is 16.3. The van der Waals surface area contributed by atoms with Crippen molar-refractivity contribution in [3.8, 4) is 5.75 Å². The van der Waals surface area contributed by atoms with Gasteiger partial charge < -0.3 is 15.3 Å². The standard InChI is InChI=1S/C24H31NO5/c1-4-16-12-18-22(24(30)25(3)23(18)29)19(13-26)21(16)20(28)9-8-14(2)10-15-6-5-7-17(27)11-15/h5-7,10-11,18-20,22,26-28H,4,8-9,12-13H2,1-3H3/b14-10+/t18-,19+,20-,22-/m1/s1. The number of amides is 2. The predicted molar refractivity (Wildman–Crippen MR) is 114 cm³/mol. The lowest BCUT2D eigenvalue weighted by atomic mass is 9.67. The number of carbonyl (C=O) groups is 2. The third kappa shape index (κ3) is 4.20. The van der Waals surface area contributed by atoms with E-state index in [-0.39, 0.29) is 24.2 Å². The molecule has 1 saturated heterocycles. The lowest BCUT2D eigenvalue weighted by Gasteiger charge is -2.36. The largest absolute Gasteiger partial charge is 0.508 e. The van der Waals surface area contributed by atoms with Gasteiger partial charge in [-0.25, -0.2) is 0 Å². The number of phenols is 1. The van der Waals surface area contributed by atoms with E-state index in [1.165, 1.54) is 11.9 Å². The van der Waals surface area contributed by atoms with Gasteiger partial charge in [-0.1, -0.05) is 36.3 Å². The van der Waals surface area contributed by atoms with E-state index in [0.717, 1.165) is 22.3 Å². The molecule has 3 rings (SSSR count). The fourth-order valence-corrected chi connectivity index (χ4v) is 4.95. The summed E-state index contributed by atoms with van der Waals surface area (Å²) in [6, 6.07) is 6.98. The van der Waals surface area contributed by atoms with Crippen LogP contribution in [0.25, 0.3) is 6.08 Å². The van der Waals surface area contributed by atoms with Crippen LogP contribution in [-0.2, 0) is 9.59 Å². The van der Waals surface area contributed by atoms with Crippen LogP contribution in [0, 0.1) is 17.8 Å². The van der Waals surface area contributed by atoms with Crippen molar-refractivity contribution in [2.24, 2.45) is 17.8 Å². The summed E-state index contributed by atoms with van der Waals surface area (Å²) in [5.41, 5.74) is 3.67. The fourth-order valence-electron chi connectivity index (χ4n) is 4.95. The van der Waals surface area contributed by atoms with Crippen LogP contribution >= 0.6 is 0 Å². The van der Waals surface area contributed by atoms with E-state index in [2.05, 4.69) is 0 Å². The highest BCUT2D eigenvalue weighted by Gasteiger charge is 2.53. The molecule has 1 aliphatic heterocycles. The number of allylic oxidation sites excluding steroid dienone is 2. The summed E-state index contributed by atoms with van der Waals surface area (Å²) in [6.07, 6.45) is 3.43. The summed E-state index contributed by atoms with van der Waals surface area (Å²) in [4.78, 5) is 26.3. The van der Waals surface area contributed by atoms with Gasteiger partial charge in [-0.3, -0.25) is 14.5 Å². The Morgan fingerprint density at radius 1 is 1.30 bits per heavy atom. The number of aliphatic hydroxyl groups excluding tert-OH is 2. The molecule has 1 aromatic carbocycles. The number of likely N-dealkylation sites (tertiary alicyclic amines) is 1. The molecule has 2 amide bonds. The van der Waals surface area contributed by atoms with Crippen LogP contribution in [0.3, 0.4) is 0 Å². The maximum absolute atomic E-state index is 12.6. The minimum absolute atomic E-state index is 0.187. The Morgan fingerprint density at radius 3 is 2.67 bits per heavy atom. The van der Waals surface area contributed by atoms with Crippen LogP contribution in [0.15, 0.2) is 41.0 Å². The zero-order valence-corrected chi connectivity index (χ0v) is 17.8. The summed E-state index contributed by atoms with van der Waals surface area (Å²) in [5.74, 6) is -1.78. The number of aliphatic hydroxyl groups is 2. The zero-order valence-electron chi connectivity index (χ0n) is 17.8. The van der Waals surface area contributed by atoms with Crippen molar-refractivity contribution in [1.82, 2.24) is 4.90 Å². The number of rotatable bonds is 7. The molecule has 30 heavy (non-hydrogen) atoms. The quantitative estimate of drug-likeness (QED) is 0.472. The molecule has 6 heteroatoms. The van der Waals surface area contributed by atoms with Crippen LogP contribution in [0.4, 0.5) is 0 Å². The van der Waals surface area contributed by atoms with Gasteiger partial charge in [0.2, 0.25) is 11.8 Å². The van der Waals surface area contributed by atoms with Gasteiger partial charge in [0.05, 0.1) is 24.5 Å². The Kier molecular flexibility index (Phi) is 6.78. The highest BCUT2D eigenvalue weighted by Crippen LogP contribution is 2.46. The second-order valence-corrected chi connectivity index (χ2v) is 8.41. The van der Waals surface area contributed by atoms with Crippen molar-refractivity contribution >= 4 is 17.9 Å². The maximum Gasteiger partial charge on any atom is 0.233 e. The van der Waals surface area contributed by atoms with Gasteiger partial charge in [0.25, 0.3) is 0 Å². The number of phenolic OH excluding ortho intramolecular Hbond substituents is 1. The third-order valence-corrected chi connectivity index (χ3v) is 6.48. The molecule has 6 nitrogen and oxygen atoms in total. The molecule has 1 heterocycles. The number of imide groups is 1. The Hall–Kier alpha value is -2.44. The smallest absolute Gasteiger partial charge is 0.233 e. The molecular formula is C24H31NO5. The summed E-state index contributed by atoms with van der Waals surface area (Å²) in [7, 11) is 1.49. The van der Waals surface area contributed by atoms with Gasteiger partial charge in [0, 0.05) is 13.0 Å². The van der Waals surface area contributed by atoms with Crippen molar-refractivity contribution in [2.45, 2.75) is 45.6 Å². The van der Waals surface area contributed by atoms with E-state index in [4.69, 9.17) is 0 Å². The second-order valence-electron chi connectivity index (χ2n) is 8.41. The van der Waals surface area contributed by atoms with E-state index in [1.807, 2.05) is 26.0 Å². The number of carbonyl (C=O) groups excluding carboxylic acids is 2. The maximum atomic E-state index is 12.6. The van der Waals surface area contributed by atoms with E-state index < -0.39 is 23.9 Å². The topological polar surface area (TPSA) is 98.1 Å². The lowest BCUT2D eigenvalue weighted by Crippen LogP contribution is -2.38. The second kappa shape index (κ2) is 9.14. The summed E-state index contributed by atoms with van der Waals surface area (Å²) in [6.45, 7) is 3.69. The monoisotopic (exact) mass is 413 g/mol. The van der Waals surface area contributed by atoms with Crippen LogP contribution in [0.5, 0.6) is 5.75 Å². The molecule has 0 unspecified atom stereocenters. The Morgan fingerprint density at radius 2 is 2.03 bits per heavy atom.